The molecule has 1 aromatic heterocycles. The van der Waals surface area contributed by atoms with Crippen molar-refractivity contribution in [1.29, 1.82) is 0 Å². The summed E-state index contributed by atoms with van der Waals surface area (Å²) in [7, 11) is 1.64. The maximum absolute atomic E-state index is 12.8. The fourth-order valence-corrected chi connectivity index (χ4v) is 2.89. The summed E-state index contributed by atoms with van der Waals surface area (Å²) in [5.41, 5.74) is 1.26. The minimum absolute atomic E-state index is 0.140. The normalized spacial score (nSPS) is 13.0. The van der Waals surface area contributed by atoms with Crippen molar-refractivity contribution in [3.8, 4) is 0 Å². The van der Waals surface area contributed by atoms with Crippen molar-refractivity contribution in [3.05, 3.63) is 58.4 Å². The second-order valence-corrected chi connectivity index (χ2v) is 6.40. The van der Waals surface area contributed by atoms with E-state index in [-0.39, 0.29) is 35.0 Å². The quantitative estimate of drug-likeness (QED) is 0.692. The molecule has 0 bridgehead atoms. The Morgan fingerprint density at radius 3 is 2.33 bits per heavy atom. The number of benzene rings is 1. The molecule has 1 aromatic carbocycles. The Labute approximate surface area is 140 Å². The molecule has 5 heteroatoms. The number of nitrogens with zero attached hydrogens (tertiary/aromatic N) is 1. The van der Waals surface area contributed by atoms with Crippen LogP contribution in [0.4, 0.5) is 0 Å². The van der Waals surface area contributed by atoms with Crippen molar-refractivity contribution in [2.75, 3.05) is 6.61 Å². The first-order valence-electron chi connectivity index (χ1n) is 7.96. The number of carbonyl (C=O) groups excluding carboxylic acids is 3. The first-order chi connectivity index (χ1) is 11.4. The Bertz CT molecular complexity index is 845. The molecule has 0 aliphatic heterocycles. The van der Waals surface area contributed by atoms with Crippen molar-refractivity contribution >= 4 is 17.5 Å². The van der Waals surface area contributed by atoms with Crippen LogP contribution in [0.2, 0.25) is 0 Å². The predicted molar refractivity (Wildman–Crippen MR) is 88.5 cm³/mol. The predicted octanol–water partition coefficient (Wildman–Crippen LogP) is 3.00. The molecule has 1 heterocycles. The van der Waals surface area contributed by atoms with Gasteiger partial charge in [-0.15, -0.1) is 0 Å². The summed E-state index contributed by atoms with van der Waals surface area (Å²) in [4.78, 5) is 37.9. The van der Waals surface area contributed by atoms with E-state index in [1.807, 2.05) is 13.8 Å². The van der Waals surface area contributed by atoms with Gasteiger partial charge in [0, 0.05) is 24.4 Å². The average Bonchev–Trinajstić information content (AvgIpc) is 2.90. The number of ketones is 2. The van der Waals surface area contributed by atoms with Gasteiger partial charge in [-0.2, -0.15) is 0 Å². The third-order valence-electron chi connectivity index (χ3n) is 4.19. The van der Waals surface area contributed by atoms with Crippen molar-refractivity contribution < 1.29 is 19.1 Å². The van der Waals surface area contributed by atoms with Crippen LogP contribution in [0.3, 0.4) is 0 Å². The highest BCUT2D eigenvalue weighted by Crippen LogP contribution is 2.30. The number of esters is 1. The summed E-state index contributed by atoms with van der Waals surface area (Å²) < 4.78 is 6.80. The van der Waals surface area contributed by atoms with Crippen LogP contribution in [0.1, 0.15) is 62.6 Å². The molecule has 0 atom stereocenters. The van der Waals surface area contributed by atoms with Crippen LogP contribution in [0.25, 0.3) is 0 Å². The molecule has 0 amide bonds. The highest BCUT2D eigenvalue weighted by Gasteiger charge is 2.36. The standard InChI is InChI=1S/C19H19NO4/c1-11(2)8-9-24-19(23)16-15-14(10-20(16)3)17(21)12-6-4-5-7-13(12)18(15)22/h4-7,10-11H,8-9H2,1-3H3. The molecule has 0 saturated heterocycles. The Hall–Kier alpha value is -2.69. The van der Waals surface area contributed by atoms with Gasteiger partial charge >= 0.3 is 5.97 Å². The van der Waals surface area contributed by atoms with Crippen LogP contribution in [0.15, 0.2) is 30.5 Å². The molecule has 124 valence electrons. The molecule has 2 aromatic rings. The zero-order valence-electron chi connectivity index (χ0n) is 14.0. The second-order valence-electron chi connectivity index (χ2n) is 6.40. The lowest BCUT2D eigenvalue weighted by molar-refractivity contribution is 0.0474. The zero-order valence-corrected chi connectivity index (χ0v) is 14.0. The molecular formula is C19H19NO4. The van der Waals surface area contributed by atoms with Crippen LogP contribution in [-0.2, 0) is 11.8 Å². The van der Waals surface area contributed by atoms with Gasteiger partial charge in [-0.3, -0.25) is 9.59 Å². The third-order valence-corrected chi connectivity index (χ3v) is 4.19. The molecule has 0 unspecified atom stereocenters. The van der Waals surface area contributed by atoms with E-state index in [9.17, 15) is 14.4 Å². The van der Waals surface area contributed by atoms with Gasteiger partial charge in [0.1, 0.15) is 5.69 Å². The lowest BCUT2D eigenvalue weighted by Crippen LogP contribution is -2.22. The minimum atomic E-state index is -0.570. The summed E-state index contributed by atoms with van der Waals surface area (Å²) in [6, 6.07) is 6.67. The van der Waals surface area contributed by atoms with E-state index in [2.05, 4.69) is 0 Å². The van der Waals surface area contributed by atoms with Crippen molar-refractivity contribution in [2.24, 2.45) is 13.0 Å². The number of rotatable bonds is 4. The monoisotopic (exact) mass is 325 g/mol. The molecule has 0 fully saturated rings. The molecular weight excluding hydrogens is 306 g/mol. The van der Waals surface area contributed by atoms with Gasteiger partial charge in [0.05, 0.1) is 17.7 Å². The van der Waals surface area contributed by atoms with Crippen LogP contribution in [0, 0.1) is 5.92 Å². The Morgan fingerprint density at radius 1 is 1.08 bits per heavy atom. The number of aryl methyl sites for hydroxylation is 1. The number of carbonyl (C=O) groups is 3. The maximum atomic E-state index is 12.8. The smallest absolute Gasteiger partial charge is 0.355 e. The summed E-state index contributed by atoms with van der Waals surface area (Å²) in [6.07, 6.45) is 2.28. The third kappa shape index (κ3) is 2.56. The van der Waals surface area contributed by atoms with Gasteiger partial charge in [-0.25, -0.2) is 4.79 Å². The summed E-state index contributed by atoms with van der Waals surface area (Å²) in [5.74, 6) is -0.705. The lowest BCUT2D eigenvalue weighted by Gasteiger charge is -2.15. The fourth-order valence-electron chi connectivity index (χ4n) is 2.89. The fraction of sp³-hybridized carbons (Fsp3) is 0.316. The minimum Gasteiger partial charge on any atom is -0.461 e. The van der Waals surface area contributed by atoms with E-state index < -0.39 is 5.97 Å². The van der Waals surface area contributed by atoms with Gasteiger partial charge in [-0.1, -0.05) is 38.1 Å². The maximum Gasteiger partial charge on any atom is 0.355 e. The average molecular weight is 325 g/mol. The molecule has 0 N–H and O–H groups in total. The highest BCUT2D eigenvalue weighted by atomic mass is 16.5. The number of fused-ring (bicyclic) bond motifs is 2. The van der Waals surface area contributed by atoms with Gasteiger partial charge < -0.3 is 9.30 Å². The van der Waals surface area contributed by atoms with Crippen LogP contribution >= 0.6 is 0 Å². The summed E-state index contributed by atoms with van der Waals surface area (Å²) >= 11 is 0. The Morgan fingerprint density at radius 2 is 1.71 bits per heavy atom. The van der Waals surface area contributed by atoms with Crippen LogP contribution in [0.5, 0.6) is 0 Å². The Kier molecular flexibility index (Phi) is 4.09. The highest BCUT2D eigenvalue weighted by molar-refractivity contribution is 6.30. The molecule has 0 saturated carbocycles. The molecule has 24 heavy (non-hydrogen) atoms. The van der Waals surface area contributed by atoms with E-state index in [0.29, 0.717) is 17.0 Å². The number of aromatic nitrogens is 1. The topological polar surface area (TPSA) is 65.4 Å². The van der Waals surface area contributed by atoms with Gasteiger partial charge in [0.25, 0.3) is 0 Å². The van der Waals surface area contributed by atoms with E-state index in [4.69, 9.17) is 4.74 Å². The largest absolute Gasteiger partial charge is 0.461 e. The number of ether oxygens (including phenoxy) is 1. The van der Waals surface area contributed by atoms with Crippen molar-refractivity contribution in [3.63, 3.8) is 0 Å². The molecule has 0 radical (unpaired) electrons. The molecule has 0 spiro atoms. The first kappa shape index (κ1) is 16.2. The van der Waals surface area contributed by atoms with Crippen molar-refractivity contribution in [1.82, 2.24) is 4.57 Å². The second kappa shape index (κ2) is 6.07. The summed E-state index contributed by atoms with van der Waals surface area (Å²) in [5, 5.41) is 0. The zero-order chi connectivity index (χ0) is 17.4. The molecule has 1 aliphatic rings. The van der Waals surface area contributed by atoms with E-state index in [1.54, 1.807) is 31.3 Å². The number of hydrogen-bond donors (Lipinski definition) is 0. The molecule has 3 rings (SSSR count). The lowest BCUT2D eigenvalue weighted by atomic mass is 9.85. The molecule has 1 aliphatic carbocycles. The molecule has 5 nitrogen and oxygen atoms in total. The SMILES string of the molecule is CC(C)CCOC(=O)c1c2c(cn1C)C(=O)c1ccccc1C2=O. The van der Waals surface area contributed by atoms with Crippen LogP contribution in [-0.4, -0.2) is 28.7 Å². The van der Waals surface area contributed by atoms with E-state index >= 15 is 0 Å². The summed E-state index contributed by atoms with van der Waals surface area (Å²) in [6.45, 7) is 4.36. The van der Waals surface area contributed by atoms with Crippen molar-refractivity contribution in [2.45, 2.75) is 20.3 Å². The van der Waals surface area contributed by atoms with Crippen LogP contribution < -0.4 is 0 Å². The van der Waals surface area contributed by atoms with Gasteiger partial charge in [0.15, 0.2) is 11.6 Å². The van der Waals surface area contributed by atoms with E-state index in [1.165, 1.54) is 10.8 Å². The number of hydrogen-bond acceptors (Lipinski definition) is 4. The van der Waals surface area contributed by atoms with E-state index in [0.717, 1.165) is 6.42 Å². The Balaban J connectivity index is 2.00. The first-order valence-corrected chi connectivity index (χ1v) is 7.96. The van der Waals surface area contributed by atoms with Gasteiger partial charge in [-0.05, 0) is 12.3 Å². The van der Waals surface area contributed by atoms with Gasteiger partial charge in [0.2, 0.25) is 0 Å².